The number of nitrogens with one attached hydrogen (secondary N) is 3. The topological polar surface area (TPSA) is 53.2 Å². The van der Waals surface area contributed by atoms with Gasteiger partial charge in [0.2, 0.25) is 5.91 Å². The molecule has 0 radical (unpaired) electrons. The van der Waals surface area contributed by atoms with Crippen molar-refractivity contribution in [3.63, 3.8) is 0 Å². The summed E-state index contributed by atoms with van der Waals surface area (Å²) in [6.07, 6.45) is 13.8. The maximum absolute atomic E-state index is 12.5. The van der Waals surface area contributed by atoms with E-state index in [0.717, 1.165) is 17.8 Å². The maximum Gasteiger partial charge on any atom is 0.238 e. The van der Waals surface area contributed by atoms with E-state index in [1.165, 1.54) is 64.2 Å². The molecule has 0 heterocycles. The van der Waals surface area contributed by atoms with Crippen molar-refractivity contribution in [2.75, 3.05) is 0 Å². The summed E-state index contributed by atoms with van der Waals surface area (Å²) >= 11 is 5.39. The molecule has 5 heteroatoms. The molecular weight excluding hydrogens is 330 g/mol. The van der Waals surface area contributed by atoms with Gasteiger partial charge >= 0.3 is 0 Å². The Balaban J connectivity index is 1.23. The highest BCUT2D eigenvalue weighted by molar-refractivity contribution is 7.80. The lowest BCUT2D eigenvalue weighted by atomic mass is 9.49. The summed E-state index contributed by atoms with van der Waals surface area (Å²) in [5.74, 6) is 3.44. The van der Waals surface area contributed by atoms with Gasteiger partial charge in [0.25, 0.3) is 0 Å². The third-order valence-electron chi connectivity index (χ3n) is 7.44. The molecular formula is C20H33N3OS. The second kappa shape index (κ2) is 7.05. The quantitative estimate of drug-likeness (QED) is 0.529. The smallest absolute Gasteiger partial charge is 0.238 e. The number of carbonyl (C=O) groups excluding carboxylic acids is 1. The van der Waals surface area contributed by atoms with Crippen molar-refractivity contribution >= 4 is 23.2 Å². The normalized spacial score (nSPS) is 42.0. The summed E-state index contributed by atoms with van der Waals surface area (Å²) < 4.78 is 0. The molecule has 5 rings (SSSR count). The van der Waals surface area contributed by atoms with E-state index >= 15 is 0 Å². The van der Waals surface area contributed by atoms with Crippen molar-refractivity contribution in [3.8, 4) is 0 Å². The van der Waals surface area contributed by atoms with Gasteiger partial charge in [0.1, 0.15) is 0 Å². The Labute approximate surface area is 157 Å². The zero-order valence-corrected chi connectivity index (χ0v) is 16.3. The Hall–Kier alpha value is -0.840. The molecule has 5 aliphatic carbocycles. The number of hydrazine groups is 1. The molecule has 0 spiro atoms. The van der Waals surface area contributed by atoms with Gasteiger partial charge < -0.3 is 5.32 Å². The fourth-order valence-corrected chi connectivity index (χ4v) is 6.96. The van der Waals surface area contributed by atoms with Gasteiger partial charge in [0, 0.05) is 12.5 Å². The highest BCUT2D eigenvalue weighted by atomic mass is 32.1. The second-order valence-corrected chi connectivity index (χ2v) is 10.0. The molecule has 0 saturated heterocycles. The Morgan fingerprint density at radius 3 is 2.20 bits per heavy atom. The van der Waals surface area contributed by atoms with Crippen LogP contribution in [-0.2, 0) is 4.79 Å². The molecule has 5 aliphatic rings. The molecule has 2 atom stereocenters. The number of hydrogen-bond acceptors (Lipinski definition) is 2. The summed E-state index contributed by atoms with van der Waals surface area (Å²) in [7, 11) is 0. The van der Waals surface area contributed by atoms with Crippen molar-refractivity contribution in [1.29, 1.82) is 0 Å². The minimum absolute atomic E-state index is 0.114. The summed E-state index contributed by atoms with van der Waals surface area (Å²) in [6, 6.07) is 0.439. The molecule has 5 saturated carbocycles. The number of amides is 1. The zero-order chi connectivity index (χ0) is 17.4. The maximum atomic E-state index is 12.5. The molecule has 3 N–H and O–H groups in total. The summed E-state index contributed by atoms with van der Waals surface area (Å²) in [4.78, 5) is 12.5. The number of carbonyl (C=O) groups is 1. The first-order chi connectivity index (χ1) is 12.0. The molecule has 5 fully saturated rings. The van der Waals surface area contributed by atoms with Crippen LogP contribution in [-0.4, -0.2) is 17.1 Å². The second-order valence-electron chi connectivity index (χ2n) is 9.61. The van der Waals surface area contributed by atoms with Gasteiger partial charge in [0.15, 0.2) is 5.11 Å². The van der Waals surface area contributed by atoms with Crippen LogP contribution in [0.3, 0.4) is 0 Å². The molecule has 25 heavy (non-hydrogen) atoms. The lowest BCUT2D eigenvalue weighted by Crippen LogP contribution is -2.53. The lowest BCUT2D eigenvalue weighted by Gasteiger charge is -2.56. The van der Waals surface area contributed by atoms with Gasteiger partial charge in [-0.05, 0) is 92.7 Å². The van der Waals surface area contributed by atoms with Crippen LogP contribution in [0.25, 0.3) is 0 Å². The van der Waals surface area contributed by atoms with Crippen molar-refractivity contribution < 1.29 is 4.79 Å². The van der Waals surface area contributed by atoms with E-state index < -0.39 is 0 Å². The van der Waals surface area contributed by atoms with Crippen LogP contribution in [0.4, 0.5) is 0 Å². The number of hydrogen-bond donors (Lipinski definition) is 3. The third kappa shape index (κ3) is 3.96. The molecule has 4 bridgehead atoms. The van der Waals surface area contributed by atoms with Crippen molar-refractivity contribution in [3.05, 3.63) is 0 Å². The predicted molar refractivity (Wildman–Crippen MR) is 104 cm³/mol. The van der Waals surface area contributed by atoms with Gasteiger partial charge in [-0.3, -0.25) is 15.6 Å². The molecule has 0 aliphatic heterocycles. The standard InChI is InChI=1S/C20H33N3OS/c1-13-4-2-3-5-17(13)21-19(25)23-22-18(24)12-20-9-14-6-15(10-20)8-16(7-14)11-20/h13-17H,2-12H2,1H3,(H,22,24)(H2,21,23,25)/t13-,14?,15?,16?,17+,20?/m0/s1. The Morgan fingerprint density at radius 1 is 1.00 bits per heavy atom. The molecule has 4 nitrogen and oxygen atoms in total. The Morgan fingerprint density at radius 2 is 1.60 bits per heavy atom. The summed E-state index contributed by atoms with van der Waals surface area (Å²) in [6.45, 7) is 2.28. The zero-order valence-electron chi connectivity index (χ0n) is 15.5. The molecule has 0 aromatic rings. The van der Waals surface area contributed by atoms with Crippen LogP contribution in [0.1, 0.15) is 77.6 Å². The number of rotatable bonds is 3. The van der Waals surface area contributed by atoms with E-state index in [1.54, 1.807) is 0 Å². The van der Waals surface area contributed by atoms with E-state index in [4.69, 9.17) is 12.2 Å². The van der Waals surface area contributed by atoms with Gasteiger partial charge in [-0.2, -0.15) is 0 Å². The fraction of sp³-hybridized carbons (Fsp3) is 0.900. The van der Waals surface area contributed by atoms with Crippen LogP contribution < -0.4 is 16.2 Å². The average Bonchev–Trinajstić information content (AvgIpc) is 2.53. The summed E-state index contributed by atoms with van der Waals surface area (Å²) in [5.41, 5.74) is 6.11. The van der Waals surface area contributed by atoms with Gasteiger partial charge in [-0.25, -0.2) is 0 Å². The molecule has 0 aromatic carbocycles. The third-order valence-corrected chi connectivity index (χ3v) is 7.66. The van der Waals surface area contributed by atoms with Crippen molar-refractivity contribution in [1.82, 2.24) is 16.2 Å². The van der Waals surface area contributed by atoms with Crippen LogP contribution in [0.15, 0.2) is 0 Å². The largest absolute Gasteiger partial charge is 0.358 e. The van der Waals surface area contributed by atoms with Crippen LogP contribution in [0.5, 0.6) is 0 Å². The van der Waals surface area contributed by atoms with Crippen molar-refractivity contribution in [2.24, 2.45) is 29.1 Å². The predicted octanol–water partition coefficient (Wildman–Crippen LogP) is 3.67. The molecule has 1 amide bonds. The first-order valence-corrected chi connectivity index (χ1v) is 10.8. The van der Waals surface area contributed by atoms with E-state index in [0.29, 0.717) is 23.5 Å². The van der Waals surface area contributed by atoms with E-state index in [9.17, 15) is 4.79 Å². The molecule has 0 unspecified atom stereocenters. The average molecular weight is 364 g/mol. The van der Waals surface area contributed by atoms with Gasteiger partial charge in [-0.1, -0.05) is 19.8 Å². The first kappa shape index (κ1) is 17.6. The minimum Gasteiger partial charge on any atom is -0.358 e. The highest BCUT2D eigenvalue weighted by Crippen LogP contribution is 2.61. The summed E-state index contributed by atoms with van der Waals surface area (Å²) in [5, 5.41) is 3.96. The molecule has 0 aromatic heterocycles. The first-order valence-electron chi connectivity index (χ1n) is 10.4. The SMILES string of the molecule is C[C@H]1CCCC[C@H]1NC(=S)NNC(=O)CC12CC3CC(CC(C3)C1)C2. The Kier molecular flexibility index (Phi) is 4.96. The highest BCUT2D eigenvalue weighted by Gasteiger charge is 2.51. The molecule has 140 valence electrons. The van der Waals surface area contributed by atoms with Crippen molar-refractivity contribution in [2.45, 2.75) is 83.6 Å². The van der Waals surface area contributed by atoms with E-state index in [2.05, 4.69) is 23.1 Å². The van der Waals surface area contributed by atoms with Gasteiger partial charge in [0.05, 0.1) is 0 Å². The van der Waals surface area contributed by atoms with Crippen LogP contribution >= 0.6 is 12.2 Å². The monoisotopic (exact) mass is 363 g/mol. The minimum atomic E-state index is 0.114. The van der Waals surface area contributed by atoms with E-state index in [1.807, 2.05) is 0 Å². The fourth-order valence-electron chi connectivity index (χ4n) is 6.75. The van der Waals surface area contributed by atoms with Crippen LogP contribution in [0.2, 0.25) is 0 Å². The van der Waals surface area contributed by atoms with Gasteiger partial charge in [-0.15, -0.1) is 0 Å². The number of thiocarbonyl (C=S) groups is 1. The van der Waals surface area contributed by atoms with Crippen LogP contribution in [0, 0.1) is 29.1 Å². The lowest BCUT2D eigenvalue weighted by molar-refractivity contribution is -0.130. The van der Waals surface area contributed by atoms with E-state index in [-0.39, 0.29) is 11.3 Å². The Bertz CT molecular complexity index is 500.